The van der Waals surface area contributed by atoms with Crippen LogP contribution in [-0.2, 0) is 188 Å². The molecule has 14 rings (SSSR count). The first-order chi connectivity index (χ1) is 57.3. The Morgan fingerprint density at radius 1 is 0.344 bits per heavy atom. The molecule has 0 aliphatic carbocycles. The molecule has 0 amide bonds. The molecule has 2 unspecified atom stereocenters. The van der Waals surface area contributed by atoms with Gasteiger partial charge in [-0.15, -0.1) is 24.3 Å². The molecule has 4 radical (unpaired) electrons. The summed E-state index contributed by atoms with van der Waals surface area (Å²) < 4.78 is 55.7. The molecule has 0 aromatic heterocycles. The molecule has 122 heavy (non-hydrogen) atoms. The predicted molar refractivity (Wildman–Crippen MR) is 446 cm³/mol. The fourth-order valence-electron chi connectivity index (χ4n) is 11.5. The van der Waals surface area contributed by atoms with Gasteiger partial charge >= 0.3 is 29.8 Å². The molecular weight excluding hydrogens is 1870 g/mol. The number of aliphatic hydroxyl groups excluding tert-OH is 4. The number of ether oxygens (including phenoxy) is 11. The molecule has 2 fully saturated rings. The molecule has 12 aromatic carbocycles. The van der Waals surface area contributed by atoms with E-state index in [1.165, 1.54) is 55.7 Å². The van der Waals surface area contributed by atoms with Gasteiger partial charge in [-0.05, 0) is 171 Å². The van der Waals surface area contributed by atoms with Crippen molar-refractivity contribution in [1.82, 2.24) is 0 Å². The maximum absolute atomic E-state index is 12.7. The van der Waals surface area contributed by atoms with Crippen molar-refractivity contribution in [3.8, 4) is 51.0 Å². The number of carbonyl (C=O) groups excluding carboxylic acids is 9. The first-order valence-corrected chi connectivity index (χ1v) is 37.5. The number of carbonyl (C=O) groups is 5. The zero-order chi connectivity index (χ0) is 85.7. The van der Waals surface area contributed by atoms with E-state index in [1.807, 2.05) is 179 Å². The van der Waals surface area contributed by atoms with Gasteiger partial charge < -0.3 is 91.7 Å². The van der Waals surface area contributed by atoms with Crippen molar-refractivity contribution in [2.45, 2.75) is 99.6 Å². The van der Waals surface area contributed by atoms with E-state index >= 15 is 0 Å². The van der Waals surface area contributed by atoms with Crippen molar-refractivity contribution in [3.05, 3.63) is 282 Å². The Morgan fingerprint density at radius 2 is 0.639 bits per heavy atom. The molecule has 0 saturated carbocycles. The Kier molecular flexibility index (Phi) is 54.2. The van der Waals surface area contributed by atoms with Crippen LogP contribution < -0.4 is 23.7 Å². The summed E-state index contributed by atoms with van der Waals surface area (Å²) in [5, 5.41) is 38.9. The fraction of sp³-hybridized carbons (Fsp3) is 0.223. The molecule has 12 aromatic rings. The van der Waals surface area contributed by atoms with Gasteiger partial charge in [0, 0.05) is 157 Å². The second-order valence-corrected chi connectivity index (χ2v) is 24.9. The van der Waals surface area contributed by atoms with Crippen LogP contribution in [0.25, 0.3) is 65.3 Å². The number of hydrogen-bond acceptors (Lipinski definition) is 24. The van der Waals surface area contributed by atoms with Crippen molar-refractivity contribution in [1.29, 1.82) is 0 Å². The van der Waals surface area contributed by atoms with Gasteiger partial charge in [0.05, 0.1) is 29.9 Å². The molecule has 0 spiro atoms. The summed E-state index contributed by atoms with van der Waals surface area (Å²) in [6.07, 6.45) is -1.64. The topological polar surface area (TPSA) is 336 Å². The maximum Gasteiger partial charge on any atom is 0.343 e. The number of rotatable bonds is 20. The molecule has 4 atom stereocenters. The van der Waals surface area contributed by atoms with Crippen LogP contribution in [0.15, 0.2) is 249 Å². The normalized spacial score (nSPS) is 13.1. The third-order valence-electron chi connectivity index (χ3n) is 17.0. The van der Waals surface area contributed by atoms with Crippen LogP contribution in [0.3, 0.4) is 0 Å². The van der Waals surface area contributed by atoms with Gasteiger partial charge in [-0.2, -0.15) is 0 Å². The molecular formula is C94H92O24Y4-4. The van der Waals surface area contributed by atoms with Gasteiger partial charge in [0.2, 0.25) is 0 Å². The number of benzene rings is 12. The quantitative estimate of drug-likeness (QED) is 0.0181. The number of esters is 5. The zero-order valence-corrected chi connectivity index (χ0v) is 80.3. The van der Waals surface area contributed by atoms with Crippen molar-refractivity contribution in [2.75, 3.05) is 40.0 Å². The summed E-state index contributed by atoms with van der Waals surface area (Å²) in [6.45, 7) is 22.2. The summed E-state index contributed by atoms with van der Waals surface area (Å²) in [5.41, 5.74) is 8.67. The van der Waals surface area contributed by atoms with Crippen molar-refractivity contribution < 1.29 is 247 Å². The van der Waals surface area contributed by atoms with Crippen LogP contribution in [0.5, 0.6) is 28.7 Å². The summed E-state index contributed by atoms with van der Waals surface area (Å²) in [4.78, 5) is 99.5. The van der Waals surface area contributed by atoms with E-state index in [2.05, 4.69) is 28.5 Å². The fourth-order valence-corrected chi connectivity index (χ4v) is 11.5. The largest absolute Gasteiger partial charge is 0.610 e. The summed E-state index contributed by atoms with van der Waals surface area (Å²) in [5.74, 6) is -0.167. The van der Waals surface area contributed by atoms with Gasteiger partial charge in [0.1, 0.15) is 18.0 Å². The van der Waals surface area contributed by atoms with E-state index in [4.69, 9.17) is 63.1 Å². The first-order valence-electron chi connectivity index (χ1n) is 37.5. The Morgan fingerprint density at radius 3 is 0.951 bits per heavy atom. The summed E-state index contributed by atoms with van der Waals surface area (Å²) >= 11 is 0. The Balaban J connectivity index is 0.000000530. The van der Waals surface area contributed by atoms with Crippen LogP contribution in [-0.4, -0.2) is 141 Å². The molecule has 2 heterocycles. The van der Waals surface area contributed by atoms with E-state index in [0.29, 0.717) is 58.3 Å². The molecule has 28 heteroatoms. The van der Waals surface area contributed by atoms with E-state index in [-0.39, 0.29) is 169 Å². The molecule has 4 N–H and O–H groups in total. The molecule has 24 nitrogen and oxygen atoms in total. The van der Waals surface area contributed by atoms with Crippen LogP contribution in [0.1, 0.15) is 102 Å². The van der Waals surface area contributed by atoms with Gasteiger partial charge in [-0.1, -0.05) is 220 Å². The standard InChI is InChI=1S/C29H26O8.2C22H12O4.C7H8.2C4H8O3.2C2H6O.C2H6.4Y/c1-17-3-7-19(8-4-17)27(30)35-22-13-11-21(12-14-22)29(32)37-24-16-34-25-23(15-33-26(24)25)36-28(31)20-9-5-18(2)6-10-20;2*23-13-25-17-9-10-19-16(11-17)4-2-5-20(19)21-6-1-3-15-7-8-18(26-14-24)12-22(15)21;1-7-5-3-2-4-6-7;2*1-2-4(6)7-3-5;2*1-2-3;1-2;;;;/h3-14,23-26H,15-16H2,1-2H3;2*1-12H;2-6H,1H3;2*5H,2-3H2,1H3;2*3H,2H2,1H3;1-2H3;;;;/q;2*-2;;;;;;;;;;/t23?,24?,25-,26-;;;;;;;;;;;;/m0............/s1. The monoisotopic (exact) mass is 1960 g/mol. The van der Waals surface area contributed by atoms with Gasteiger partial charge in [0.15, 0.2) is 51.7 Å². The molecule has 2 aliphatic rings. The third kappa shape index (κ3) is 34.7. The third-order valence-corrected chi connectivity index (χ3v) is 17.0. The first kappa shape index (κ1) is 109. The van der Waals surface area contributed by atoms with E-state index in [9.17, 15) is 43.2 Å². The average Bonchev–Trinajstić information content (AvgIpc) is 1.09. The number of aryl methyl sites for hydroxylation is 3. The Hall–Kier alpha value is -8.91. The minimum atomic E-state index is -0.639. The number of aliphatic hydroxyl groups is 4. The summed E-state index contributed by atoms with van der Waals surface area (Å²) in [6, 6.07) is 76.2. The maximum atomic E-state index is 12.7. The Labute approximate surface area is 809 Å². The van der Waals surface area contributed by atoms with Crippen molar-refractivity contribution in [2.24, 2.45) is 0 Å². The van der Waals surface area contributed by atoms with Crippen LogP contribution in [0, 0.1) is 20.8 Å². The van der Waals surface area contributed by atoms with E-state index < -0.39 is 55.9 Å². The summed E-state index contributed by atoms with van der Waals surface area (Å²) in [7, 11) is 0. The molecule has 2 saturated heterocycles. The van der Waals surface area contributed by atoms with Gasteiger partial charge in [0.25, 0.3) is 0 Å². The smallest absolute Gasteiger partial charge is 0.343 e. The number of hydrogen-bond donors (Lipinski definition) is 4. The van der Waals surface area contributed by atoms with Crippen LogP contribution in [0.4, 0.5) is 0 Å². The van der Waals surface area contributed by atoms with Crippen molar-refractivity contribution in [3.63, 3.8) is 0 Å². The van der Waals surface area contributed by atoms with E-state index in [1.54, 1.807) is 88.4 Å². The van der Waals surface area contributed by atoms with Crippen LogP contribution in [0.2, 0.25) is 0 Å². The van der Waals surface area contributed by atoms with Gasteiger partial charge in [-0.3, -0.25) is 9.59 Å². The predicted octanol–water partition coefficient (Wildman–Crippen LogP) is 16.0. The second-order valence-electron chi connectivity index (χ2n) is 24.9. The number of fused-ring (bicyclic) bond motifs is 5. The Bertz CT molecular complexity index is 5010. The molecule has 0 bridgehead atoms. The van der Waals surface area contributed by atoms with Gasteiger partial charge in [-0.25, -0.2) is 14.4 Å². The molecule has 2 aliphatic heterocycles. The van der Waals surface area contributed by atoms with E-state index in [0.717, 1.165) is 76.5 Å². The SMILES string of the molecule is CC.CCC(=O)OCO.CCC(=O)OCO.CCO.CCO.Cc1ccc(C(=O)Oc2ccc(C(=O)OC3CO[C@H]4C(OC(=O)c5ccc(C)cc5)CO[C@@H]34)cc2)cc1.Cc1ccccc1.O=[C-]Oc1ccc2c(-c3cccc4ccc(O[C-]=O)cc34)cccc2c1.O=[C-]Oc1ccc2c(-c3cccc4ccc(O[C-]=O)cc34)cccc2c1.[Y].[Y].[Y].[Y]. The minimum absolute atomic E-state index is 0. The average molecular weight is 1960 g/mol. The second kappa shape index (κ2) is 60.6. The molecule has 628 valence electrons. The van der Waals surface area contributed by atoms with Crippen LogP contribution >= 0.6 is 0 Å². The zero-order valence-electron chi connectivity index (χ0n) is 68.9. The minimum Gasteiger partial charge on any atom is -0.610 e. The van der Waals surface area contributed by atoms with Crippen molar-refractivity contribution >= 4 is 98.8 Å².